The van der Waals surface area contributed by atoms with E-state index in [-0.39, 0.29) is 5.56 Å². The predicted octanol–water partition coefficient (Wildman–Crippen LogP) is 3.36. The summed E-state index contributed by atoms with van der Waals surface area (Å²) in [5, 5.41) is 0. The van der Waals surface area contributed by atoms with Gasteiger partial charge in [-0.1, -0.05) is 6.07 Å². The number of rotatable bonds is 2. The number of hydrogen-bond donors (Lipinski definition) is 1. The molecule has 2 aromatic carbocycles. The van der Waals surface area contributed by atoms with Crippen LogP contribution in [-0.4, -0.2) is 7.11 Å². The molecule has 18 heavy (non-hydrogen) atoms. The molecule has 0 fully saturated rings. The third-order valence-electron chi connectivity index (χ3n) is 2.55. The van der Waals surface area contributed by atoms with Crippen LogP contribution in [-0.2, 0) is 0 Å². The molecular weight excluding hydrogens is 243 g/mol. The third kappa shape index (κ3) is 2.11. The standard InChI is InChI=1S/C13H10F3NO/c1-18-12-6-7(2-3-11(12)17)8-4-9(14)13(16)10(15)5-8/h2-6H,17H2,1H3. The number of ether oxygens (including phenoxy) is 1. The van der Waals surface area contributed by atoms with Crippen LogP contribution in [0.5, 0.6) is 5.75 Å². The Morgan fingerprint density at radius 3 is 2.11 bits per heavy atom. The van der Waals surface area contributed by atoms with Gasteiger partial charge in [0.05, 0.1) is 12.8 Å². The van der Waals surface area contributed by atoms with Gasteiger partial charge in [0.15, 0.2) is 17.5 Å². The van der Waals surface area contributed by atoms with Crippen molar-refractivity contribution in [1.29, 1.82) is 0 Å². The van der Waals surface area contributed by atoms with E-state index in [0.717, 1.165) is 12.1 Å². The van der Waals surface area contributed by atoms with Crippen molar-refractivity contribution < 1.29 is 17.9 Å². The van der Waals surface area contributed by atoms with Gasteiger partial charge in [-0.2, -0.15) is 0 Å². The van der Waals surface area contributed by atoms with E-state index >= 15 is 0 Å². The summed E-state index contributed by atoms with van der Waals surface area (Å²) in [6, 6.07) is 6.49. The Morgan fingerprint density at radius 2 is 1.56 bits per heavy atom. The molecule has 2 N–H and O–H groups in total. The molecule has 0 bridgehead atoms. The van der Waals surface area contributed by atoms with Gasteiger partial charge >= 0.3 is 0 Å². The Hall–Kier alpha value is -2.17. The van der Waals surface area contributed by atoms with Gasteiger partial charge in [0.1, 0.15) is 5.75 Å². The molecule has 0 aliphatic rings. The highest BCUT2D eigenvalue weighted by Crippen LogP contribution is 2.30. The first kappa shape index (κ1) is 12.3. The van der Waals surface area contributed by atoms with Gasteiger partial charge < -0.3 is 10.5 Å². The van der Waals surface area contributed by atoms with Gasteiger partial charge in [0.2, 0.25) is 0 Å². The van der Waals surface area contributed by atoms with E-state index in [1.165, 1.54) is 13.2 Å². The van der Waals surface area contributed by atoms with E-state index in [2.05, 4.69) is 0 Å². The van der Waals surface area contributed by atoms with E-state index in [9.17, 15) is 13.2 Å². The van der Waals surface area contributed by atoms with Crippen molar-refractivity contribution in [2.24, 2.45) is 0 Å². The van der Waals surface area contributed by atoms with Crippen LogP contribution in [0.15, 0.2) is 30.3 Å². The third-order valence-corrected chi connectivity index (χ3v) is 2.55. The summed E-state index contributed by atoms with van der Waals surface area (Å²) in [6.07, 6.45) is 0. The van der Waals surface area contributed by atoms with Gasteiger partial charge in [-0.15, -0.1) is 0 Å². The van der Waals surface area contributed by atoms with Crippen LogP contribution in [0.2, 0.25) is 0 Å². The zero-order chi connectivity index (χ0) is 13.3. The van der Waals surface area contributed by atoms with Crippen molar-refractivity contribution in [3.05, 3.63) is 47.8 Å². The number of methoxy groups -OCH3 is 1. The van der Waals surface area contributed by atoms with Crippen LogP contribution in [0, 0.1) is 17.5 Å². The van der Waals surface area contributed by atoms with Crippen LogP contribution in [0.4, 0.5) is 18.9 Å². The summed E-state index contributed by atoms with van der Waals surface area (Å²) in [7, 11) is 1.43. The number of hydrogen-bond acceptors (Lipinski definition) is 2. The lowest BCUT2D eigenvalue weighted by atomic mass is 10.0. The quantitative estimate of drug-likeness (QED) is 0.658. The maximum absolute atomic E-state index is 13.1. The Labute approximate surface area is 102 Å². The largest absolute Gasteiger partial charge is 0.495 e. The van der Waals surface area contributed by atoms with Gasteiger partial charge in [0.25, 0.3) is 0 Å². The molecule has 0 radical (unpaired) electrons. The van der Waals surface area contributed by atoms with Gasteiger partial charge in [0, 0.05) is 0 Å². The van der Waals surface area contributed by atoms with Crippen molar-refractivity contribution in [1.82, 2.24) is 0 Å². The minimum atomic E-state index is -1.49. The maximum Gasteiger partial charge on any atom is 0.194 e. The lowest BCUT2D eigenvalue weighted by Gasteiger charge is -2.08. The van der Waals surface area contributed by atoms with E-state index in [4.69, 9.17) is 10.5 Å². The van der Waals surface area contributed by atoms with Crippen molar-refractivity contribution in [3.8, 4) is 16.9 Å². The van der Waals surface area contributed by atoms with Crippen LogP contribution in [0.3, 0.4) is 0 Å². The predicted molar refractivity (Wildman–Crippen MR) is 62.7 cm³/mol. The van der Waals surface area contributed by atoms with Crippen molar-refractivity contribution in [2.45, 2.75) is 0 Å². The summed E-state index contributed by atoms with van der Waals surface area (Å²) in [6.45, 7) is 0. The number of nitrogen functional groups attached to an aromatic ring is 1. The monoisotopic (exact) mass is 253 g/mol. The first-order valence-corrected chi connectivity index (χ1v) is 5.11. The summed E-state index contributed by atoms with van der Waals surface area (Å²) >= 11 is 0. The smallest absolute Gasteiger partial charge is 0.194 e. The first-order chi connectivity index (χ1) is 8.52. The molecule has 0 aromatic heterocycles. The molecule has 0 aliphatic heterocycles. The minimum Gasteiger partial charge on any atom is -0.495 e. The van der Waals surface area contributed by atoms with E-state index < -0.39 is 17.5 Å². The number of halogens is 3. The van der Waals surface area contributed by atoms with E-state index in [1.54, 1.807) is 12.1 Å². The molecular formula is C13H10F3NO. The average molecular weight is 253 g/mol. The summed E-state index contributed by atoms with van der Waals surface area (Å²) < 4.78 is 44.1. The molecule has 5 heteroatoms. The summed E-state index contributed by atoms with van der Waals surface area (Å²) in [4.78, 5) is 0. The highest BCUT2D eigenvalue weighted by atomic mass is 19.2. The molecule has 0 heterocycles. The van der Waals surface area contributed by atoms with Crippen LogP contribution in [0.1, 0.15) is 0 Å². The molecule has 0 atom stereocenters. The van der Waals surface area contributed by atoms with Crippen LogP contribution >= 0.6 is 0 Å². The average Bonchev–Trinajstić information content (AvgIpc) is 2.36. The molecule has 2 rings (SSSR count). The molecule has 0 spiro atoms. The van der Waals surface area contributed by atoms with Crippen LogP contribution < -0.4 is 10.5 Å². The van der Waals surface area contributed by atoms with Crippen LogP contribution in [0.25, 0.3) is 11.1 Å². The Bertz CT molecular complexity index is 576. The maximum atomic E-state index is 13.1. The fraction of sp³-hybridized carbons (Fsp3) is 0.0769. The molecule has 0 saturated carbocycles. The molecule has 2 nitrogen and oxygen atoms in total. The Morgan fingerprint density at radius 1 is 0.944 bits per heavy atom. The SMILES string of the molecule is COc1cc(-c2cc(F)c(F)c(F)c2)ccc1N. The highest BCUT2D eigenvalue weighted by Gasteiger charge is 2.12. The normalized spacial score (nSPS) is 10.4. The van der Waals surface area contributed by atoms with Gasteiger partial charge in [-0.25, -0.2) is 13.2 Å². The van der Waals surface area contributed by atoms with E-state index in [1.807, 2.05) is 0 Å². The number of benzene rings is 2. The molecule has 2 aromatic rings. The number of anilines is 1. The fourth-order valence-electron chi connectivity index (χ4n) is 1.61. The van der Waals surface area contributed by atoms with E-state index in [0.29, 0.717) is 17.0 Å². The number of nitrogens with two attached hydrogens (primary N) is 1. The highest BCUT2D eigenvalue weighted by molar-refractivity contribution is 5.70. The van der Waals surface area contributed by atoms with Crippen molar-refractivity contribution in [3.63, 3.8) is 0 Å². The Kier molecular flexibility index (Phi) is 3.14. The van der Waals surface area contributed by atoms with Crippen molar-refractivity contribution in [2.75, 3.05) is 12.8 Å². The second-order valence-electron chi connectivity index (χ2n) is 3.71. The second kappa shape index (κ2) is 4.60. The van der Waals surface area contributed by atoms with Crippen molar-refractivity contribution >= 4 is 5.69 Å². The molecule has 94 valence electrons. The Balaban J connectivity index is 2.55. The van der Waals surface area contributed by atoms with Gasteiger partial charge in [-0.05, 0) is 35.4 Å². The topological polar surface area (TPSA) is 35.2 Å². The molecule has 0 unspecified atom stereocenters. The first-order valence-electron chi connectivity index (χ1n) is 5.11. The fourth-order valence-corrected chi connectivity index (χ4v) is 1.61. The lowest BCUT2D eigenvalue weighted by molar-refractivity contribution is 0.417. The second-order valence-corrected chi connectivity index (χ2v) is 3.71. The molecule has 0 aliphatic carbocycles. The summed E-state index contributed by atoms with van der Waals surface area (Å²) in [5.41, 5.74) is 6.73. The minimum absolute atomic E-state index is 0.213. The lowest BCUT2D eigenvalue weighted by Crippen LogP contribution is -1.94. The van der Waals surface area contributed by atoms with Gasteiger partial charge in [-0.3, -0.25) is 0 Å². The summed E-state index contributed by atoms with van der Waals surface area (Å²) in [5.74, 6) is -3.57. The zero-order valence-electron chi connectivity index (χ0n) is 9.51. The molecule has 0 saturated heterocycles. The zero-order valence-corrected chi connectivity index (χ0v) is 9.51. The molecule has 0 amide bonds.